The van der Waals surface area contributed by atoms with Crippen LogP contribution in [0.25, 0.3) is 0 Å². The van der Waals surface area contributed by atoms with E-state index in [1.54, 1.807) is 16.7 Å². The molecule has 1 aromatic rings. The van der Waals surface area contributed by atoms with Gasteiger partial charge in [0.25, 0.3) is 11.5 Å². The van der Waals surface area contributed by atoms with E-state index in [2.05, 4.69) is 6.92 Å². The molecule has 4 nitrogen and oxygen atoms in total. The Hall–Kier alpha value is -1.58. The number of hydrogen-bond donors (Lipinski definition) is 0. The molecular weight excluding hydrogens is 204 g/mol. The minimum absolute atomic E-state index is 0.0163. The molecular formula is C12H16N2O2. The molecule has 0 bridgehead atoms. The molecule has 1 aromatic heterocycles. The van der Waals surface area contributed by atoms with E-state index in [-0.39, 0.29) is 11.5 Å². The highest BCUT2D eigenvalue weighted by atomic mass is 16.2. The number of unbranched alkanes of at least 4 members (excludes halogenated alkanes) is 1. The lowest BCUT2D eigenvalue weighted by Gasteiger charge is -2.29. The summed E-state index contributed by atoms with van der Waals surface area (Å²) in [5.74, 6) is -0.0163. The van der Waals surface area contributed by atoms with E-state index in [9.17, 15) is 9.59 Å². The monoisotopic (exact) mass is 220 g/mol. The summed E-state index contributed by atoms with van der Waals surface area (Å²) < 4.78 is 1.56. The first-order chi connectivity index (χ1) is 7.74. The molecule has 86 valence electrons. The van der Waals surface area contributed by atoms with Gasteiger partial charge in [-0.05, 0) is 12.5 Å². The first-order valence-electron chi connectivity index (χ1n) is 5.73. The zero-order chi connectivity index (χ0) is 11.5. The fourth-order valence-corrected chi connectivity index (χ4v) is 1.98. The summed E-state index contributed by atoms with van der Waals surface area (Å²) in [5.41, 5.74) is 0.441. The van der Waals surface area contributed by atoms with E-state index < -0.39 is 0 Å². The standard InChI is InChI=1S/C12H16N2O2/c1-2-3-7-13-8-9-14-10(12(13)16)5-4-6-11(14)15/h4-6H,2-3,7-9H2,1H3. The Morgan fingerprint density at radius 3 is 2.81 bits per heavy atom. The maximum atomic E-state index is 12.0. The van der Waals surface area contributed by atoms with Gasteiger partial charge in [0.2, 0.25) is 0 Å². The van der Waals surface area contributed by atoms with Gasteiger partial charge in [0, 0.05) is 25.7 Å². The van der Waals surface area contributed by atoms with Crippen molar-refractivity contribution in [3.63, 3.8) is 0 Å². The first kappa shape index (κ1) is 10.9. The van der Waals surface area contributed by atoms with Crippen LogP contribution in [-0.4, -0.2) is 28.5 Å². The largest absolute Gasteiger partial charge is 0.336 e. The summed E-state index contributed by atoms with van der Waals surface area (Å²) in [7, 11) is 0. The number of fused-ring (bicyclic) bond motifs is 1. The lowest BCUT2D eigenvalue weighted by molar-refractivity contribution is 0.0698. The van der Waals surface area contributed by atoms with E-state index in [0.717, 1.165) is 19.4 Å². The Balaban J connectivity index is 2.26. The van der Waals surface area contributed by atoms with Crippen LogP contribution in [0.1, 0.15) is 30.3 Å². The van der Waals surface area contributed by atoms with Crippen LogP contribution in [-0.2, 0) is 6.54 Å². The number of aromatic nitrogens is 1. The molecule has 1 aliphatic heterocycles. The maximum Gasteiger partial charge on any atom is 0.270 e. The van der Waals surface area contributed by atoms with Gasteiger partial charge in [-0.1, -0.05) is 19.4 Å². The SMILES string of the molecule is CCCCN1CCn2c(cccc2=O)C1=O. The number of carbonyl (C=O) groups is 1. The van der Waals surface area contributed by atoms with Crippen LogP contribution in [0.5, 0.6) is 0 Å². The average molecular weight is 220 g/mol. The summed E-state index contributed by atoms with van der Waals surface area (Å²) in [6.45, 7) is 4.16. The zero-order valence-corrected chi connectivity index (χ0v) is 9.48. The summed E-state index contributed by atoms with van der Waals surface area (Å²) in [4.78, 5) is 25.4. The maximum absolute atomic E-state index is 12.0. The molecule has 2 rings (SSSR count). The summed E-state index contributed by atoms with van der Waals surface area (Å²) in [6.07, 6.45) is 2.09. The lowest BCUT2D eigenvalue weighted by atomic mass is 10.2. The van der Waals surface area contributed by atoms with Gasteiger partial charge in [0.15, 0.2) is 0 Å². The molecule has 0 N–H and O–H groups in total. The van der Waals surface area contributed by atoms with Crippen molar-refractivity contribution in [3.8, 4) is 0 Å². The van der Waals surface area contributed by atoms with Crippen LogP contribution in [0.3, 0.4) is 0 Å². The molecule has 0 saturated heterocycles. The second kappa shape index (κ2) is 4.51. The highest BCUT2D eigenvalue weighted by Crippen LogP contribution is 2.10. The number of nitrogens with zero attached hydrogens (tertiary/aromatic N) is 2. The number of hydrogen-bond acceptors (Lipinski definition) is 2. The van der Waals surface area contributed by atoms with Gasteiger partial charge in [0.1, 0.15) is 5.69 Å². The molecule has 0 fully saturated rings. The molecule has 0 unspecified atom stereocenters. The number of rotatable bonds is 3. The summed E-state index contributed by atoms with van der Waals surface area (Å²) >= 11 is 0. The quantitative estimate of drug-likeness (QED) is 0.765. The normalized spacial score (nSPS) is 15.1. The second-order valence-corrected chi connectivity index (χ2v) is 4.05. The molecule has 1 aliphatic rings. The third kappa shape index (κ3) is 1.87. The molecule has 2 heterocycles. The van der Waals surface area contributed by atoms with Crippen LogP contribution in [0, 0.1) is 0 Å². The van der Waals surface area contributed by atoms with E-state index >= 15 is 0 Å². The third-order valence-corrected chi connectivity index (χ3v) is 2.93. The van der Waals surface area contributed by atoms with E-state index in [4.69, 9.17) is 0 Å². The van der Waals surface area contributed by atoms with Crippen LogP contribution < -0.4 is 5.56 Å². The number of carbonyl (C=O) groups excluding carboxylic acids is 1. The lowest BCUT2D eigenvalue weighted by Crippen LogP contribution is -2.44. The van der Waals surface area contributed by atoms with Gasteiger partial charge in [0.05, 0.1) is 0 Å². The Labute approximate surface area is 94.5 Å². The predicted molar refractivity (Wildman–Crippen MR) is 61.5 cm³/mol. The van der Waals surface area contributed by atoms with Crippen LogP contribution in [0.2, 0.25) is 0 Å². The van der Waals surface area contributed by atoms with Crippen molar-refractivity contribution in [2.45, 2.75) is 26.3 Å². The first-order valence-corrected chi connectivity index (χ1v) is 5.73. The highest BCUT2D eigenvalue weighted by molar-refractivity contribution is 5.93. The molecule has 4 heteroatoms. The van der Waals surface area contributed by atoms with Crippen molar-refractivity contribution in [2.75, 3.05) is 13.1 Å². The average Bonchev–Trinajstić information content (AvgIpc) is 2.29. The van der Waals surface area contributed by atoms with Gasteiger partial charge in [-0.15, -0.1) is 0 Å². The summed E-state index contributed by atoms with van der Waals surface area (Å²) in [5, 5.41) is 0. The van der Waals surface area contributed by atoms with Gasteiger partial charge in [-0.2, -0.15) is 0 Å². The smallest absolute Gasteiger partial charge is 0.270 e. The van der Waals surface area contributed by atoms with Crippen molar-refractivity contribution in [1.82, 2.24) is 9.47 Å². The molecule has 16 heavy (non-hydrogen) atoms. The van der Waals surface area contributed by atoms with E-state index in [1.807, 2.05) is 4.90 Å². The van der Waals surface area contributed by atoms with Crippen molar-refractivity contribution >= 4 is 5.91 Å². The van der Waals surface area contributed by atoms with Crippen LogP contribution in [0.4, 0.5) is 0 Å². The van der Waals surface area contributed by atoms with Crippen molar-refractivity contribution in [3.05, 3.63) is 34.2 Å². The molecule has 0 aliphatic carbocycles. The minimum atomic E-state index is -0.0824. The molecule has 1 amide bonds. The minimum Gasteiger partial charge on any atom is -0.336 e. The van der Waals surface area contributed by atoms with Crippen molar-refractivity contribution in [1.29, 1.82) is 0 Å². The molecule has 0 atom stereocenters. The molecule has 0 aromatic carbocycles. The van der Waals surface area contributed by atoms with Gasteiger partial charge in [-0.25, -0.2) is 0 Å². The molecule has 0 spiro atoms. The van der Waals surface area contributed by atoms with Gasteiger partial charge in [-0.3, -0.25) is 9.59 Å². The summed E-state index contributed by atoms with van der Waals surface area (Å²) in [6, 6.07) is 4.87. The Morgan fingerprint density at radius 1 is 1.25 bits per heavy atom. The zero-order valence-electron chi connectivity index (χ0n) is 9.48. The second-order valence-electron chi connectivity index (χ2n) is 4.05. The van der Waals surface area contributed by atoms with Crippen LogP contribution in [0.15, 0.2) is 23.0 Å². The molecule has 0 radical (unpaired) electrons. The third-order valence-electron chi connectivity index (χ3n) is 2.93. The van der Waals surface area contributed by atoms with Crippen molar-refractivity contribution in [2.24, 2.45) is 0 Å². The number of pyridine rings is 1. The fourth-order valence-electron chi connectivity index (χ4n) is 1.98. The fraction of sp³-hybridized carbons (Fsp3) is 0.500. The van der Waals surface area contributed by atoms with E-state index in [0.29, 0.717) is 18.8 Å². The van der Waals surface area contributed by atoms with Gasteiger partial charge < -0.3 is 9.47 Å². The topological polar surface area (TPSA) is 42.3 Å². The predicted octanol–water partition coefficient (Wildman–Crippen LogP) is 1.10. The van der Waals surface area contributed by atoms with E-state index in [1.165, 1.54) is 6.07 Å². The number of amides is 1. The Kier molecular flexibility index (Phi) is 3.08. The Morgan fingerprint density at radius 2 is 2.06 bits per heavy atom. The highest BCUT2D eigenvalue weighted by Gasteiger charge is 2.23. The van der Waals surface area contributed by atoms with Crippen LogP contribution >= 0.6 is 0 Å². The van der Waals surface area contributed by atoms with Crippen molar-refractivity contribution < 1.29 is 4.79 Å². The Bertz CT molecular complexity index is 451. The van der Waals surface area contributed by atoms with Gasteiger partial charge >= 0.3 is 0 Å². The molecule has 0 saturated carbocycles.